The van der Waals surface area contributed by atoms with Crippen LogP contribution in [0.25, 0.3) is 11.1 Å². The van der Waals surface area contributed by atoms with E-state index in [0.29, 0.717) is 6.61 Å². The van der Waals surface area contributed by atoms with Gasteiger partial charge in [-0.25, -0.2) is 0 Å². The Morgan fingerprint density at radius 1 is 1.05 bits per heavy atom. The molecular formula is C17H18ClNO. The number of nitrogens with one attached hydrogen (secondary N) is 1. The Hall–Kier alpha value is -1.77. The molecule has 1 aromatic carbocycles. The number of aromatic amines is 1. The van der Waals surface area contributed by atoms with Gasteiger partial charge < -0.3 is 9.72 Å². The van der Waals surface area contributed by atoms with E-state index in [-0.39, 0.29) is 0 Å². The molecule has 0 radical (unpaired) electrons. The summed E-state index contributed by atoms with van der Waals surface area (Å²) in [5.41, 5.74) is 3.41. The molecule has 0 aliphatic carbocycles. The van der Waals surface area contributed by atoms with Crippen LogP contribution in [0.4, 0.5) is 0 Å². The third-order valence-electron chi connectivity index (χ3n) is 2.97. The quantitative estimate of drug-likeness (QED) is 0.870. The molecule has 2 aromatic rings. The number of methoxy groups -OCH3 is 1. The summed E-state index contributed by atoms with van der Waals surface area (Å²) in [6, 6.07) is 16.1. The number of H-pyrrole nitrogens is 1. The Balaban J connectivity index is 2.41. The van der Waals surface area contributed by atoms with Gasteiger partial charge in [-0.3, -0.25) is 0 Å². The Labute approximate surface area is 124 Å². The summed E-state index contributed by atoms with van der Waals surface area (Å²) < 4.78 is 5.12. The summed E-state index contributed by atoms with van der Waals surface area (Å²) in [6.45, 7) is 0.706. The molecule has 0 unspecified atom stereocenters. The van der Waals surface area contributed by atoms with Crippen molar-refractivity contribution in [3.8, 4) is 11.1 Å². The smallest absolute Gasteiger partial charge is 0.0503 e. The van der Waals surface area contributed by atoms with Crippen LogP contribution in [0.3, 0.4) is 0 Å². The lowest BCUT2D eigenvalue weighted by atomic mass is 10.1. The van der Waals surface area contributed by atoms with E-state index in [0.717, 1.165) is 22.6 Å². The van der Waals surface area contributed by atoms with Crippen LogP contribution in [0.1, 0.15) is 5.56 Å². The van der Waals surface area contributed by atoms with E-state index in [4.69, 9.17) is 16.3 Å². The van der Waals surface area contributed by atoms with Gasteiger partial charge in [-0.05, 0) is 41.3 Å². The summed E-state index contributed by atoms with van der Waals surface area (Å²) in [7, 11) is 1.71. The Bertz CT molecular complexity index is 605. The minimum atomic E-state index is 0.706. The fourth-order valence-electron chi connectivity index (χ4n) is 1.90. The Morgan fingerprint density at radius 2 is 1.90 bits per heavy atom. The number of ether oxygens (including phenoxy) is 1. The van der Waals surface area contributed by atoms with Crippen LogP contribution >= 0.6 is 11.6 Å². The first kappa shape index (κ1) is 14.6. The largest absolute Gasteiger partial charge is 0.384 e. The molecule has 2 nitrogen and oxygen atoms in total. The molecule has 3 heteroatoms. The summed E-state index contributed by atoms with van der Waals surface area (Å²) in [5, 5.41) is 0.744. The van der Waals surface area contributed by atoms with Crippen molar-refractivity contribution >= 4 is 11.6 Å². The predicted octanol–water partition coefficient (Wildman–Crippen LogP) is 4.65. The van der Waals surface area contributed by atoms with Crippen molar-refractivity contribution in [2.24, 2.45) is 0 Å². The standard InChI is InChI=1S/C17H18ClNO/c1-20-11-9-14-7-8-15(5-3-10-19-13-14)16-4-2-6-17(18)12-16/h2-8,10,12-13,19H,9,11H2,1H3. The van der Waals surface area contributed by atoms with Crippen molar-refractivity contribution in [1.29, 1.82) is 0 Å². The maximum Gasteiger partial charge on any atom is 0.0503 e. The summed E-state index contributed by atoms with van der Waals surface area (Å²) >= 11 is 6.06. The van der Waals surface area contributed by atoms with Crippen LogP contribution in [0, 0.1) is 0 Å². The van der Waals surface area contributed by atoms with Crippen molar-refractivity contribution in [3.63, 3.8) is 0 Å². The molecule has 0 aliphatic rings. The van der Waals surface area contributed by atoms with Crippen LogP contribution in [-0.2, 0) is 11.2 Å². The van der Waals surface area contributed by atoms with Gasteiger partial charge in [0, 0.05) is 24.5 Å². The molecule has 0 aliphatic heterocycles. The van der Waals surface area contributed by atoms with Gasteiger partial charge in [0.1, 0.15) is 0 Å². The molecule has 0 amide bonds. The van der Waals surface area contributed by atoms with E-state index in [9.17, 15) is 0 Å². The Kier molecular flexibility index (Phi) is 5.66. The lowest BCUT2D eigenvalue weighted by molar-refractivity contribution is 0.202. The molecule has 0 fully saturated rings. The zero-order chi connectivity index (χ0) is 14.2. The maximum absolute atomic E-state index is 6.06. The number of halogens is 1. The molecular weight excluding hydrogens is 270 g/mol. The van der Waals surface area contributed by atoms with E-state index >= 15 is 0 Å². The predicted molar refractivity (Wildman–Crippen MR) is 84.4 cm³/mol. The molecule has 0 saturated carbocycles. The second-order valence-electron chi connectivity index (χ2n) is 4.45. The van der Waals surface area contributed by atoms with Gasteiger partial charge in [-0.15, -0.1) is 0 Å². The SMILES string of the molecule is COCCc1ccc(-c2cccc(Cl)c2)ccc[nH]c1. The lowest BCUT2D eigenvalue weighted by Crippen LogP contribution is -1.93. The van der Waals surface area contributed by atoms with Crippen molar-refractivity contribution in [2.75, 3.05) is 13.7 Å². The monoisotopic (exact) mass is 287 g/mol. The average molecular weight is 288 g/mol. The molecule has 1 N–H and O–H groups in total. The third-order valence-corrected chi connectivity index (χ3v) is 3.20. The molecule has 1 heterocycles. The number of benzene rings is 1. The highest BCUT2D eigenvalue weighted by molar-refractivity contribution is 6.30. The average Bonchev–Trinajstić information content (AvgIpc) is 2.57. The molecule has 104 valence electrons. The second kappa shape index (κ2) is 7.73. The highest BCUT2D eigenvalue weighted by atomic mass is 35.5. The third kappa shape index (κ3) is 4.41. The number of rotatable bonds is 4. The highest BCUT2D eigenvalue weighted by Crippen LogP contribution is 2.21. The molecule has 0 atom stereocenters. The maximum atomic E-state index is 6.06. The summed E-state index contributed by atoms with van der Waals surface area (Å²) in [5.74, 6) is 0. The van der Waals surface area contributed by atoms with E-state index in [1.165, 1.54) is 5.56 Å². The zero-order valence-electron chi connectivity index (χ0n) is 11.5. The van der Waals surface area contributed by atoms with Crippen molar-refractivity contribution in [1.82, 2.24) is 4.98 Å². The normalized spacial score (nSPS) is 10.1. The Morgan fingerprint density at radius 3 is 2.70 bits per heavy atom. The van der Waals surface area contributed by atoms with Crippen LogP contribution in [0.5, 0.6) is 0 Å². The molecule has 2 rings (SSSR count). The number of hydrogen-bond acceptors (Lipinski definition) is 1. The van der Waals surface area contributed by atoms with E-state index in [1.54, 1.807) is 7.11 Å². The molecule has 0 spiro atoms. The molecule has 20 heavy (non-hydrogen) atoms. The van der Waals surface area contributed by atoms with Gasteiger partial charge >= 0.3 is 0 Å². The van der Waals surface area contributed by atoms with Gasteiger partial charge in [0.05, 0.1) is 6.61 Å². The number of hydrogen-bond donors (Lipinski definition) is 1. The van der Waals surface area contributed by atoms with E-state index in [2.05, 4.69) is 29.2 Å². The van der Waals surface area contributed by atoms with Crippen LogP contribution in [0.15, 0.2) is 60.9 Å². The molecule has 1 aromatic heterocycles. The first-order valence-corrected chi connectivity index (χ1v) is 6.92. The highest BCUT2D eigenvalue weighted by Gasteiger charge is 1.96. The van der Waals surface area contributed by atoms with Gasteiger partial charge in [-0.1, -0.05) is 41.9 Å². The number of aromatic nitrogens is 1. The van der Waals surface area contributed by atoms with Gasteiger partial charge in [-0.2, -0.15) is 0 Å². The van der Waals surface area contributed by atoms with Gasteiger partial charge in [0.25, 0.3) is 0 Å². The van der Waals surface area contributed by atoms with Crippen LogP contribution in [0.2, 0.25) is 5.02 Å². The summed E-state index contributed by atoms with van der Waals surface area (Å²) in [6.07, 6.45) is 4.77. The fraction of sp³-hybridized carbons (Fsp3) is 0.176. The first-order valence-electron chi connectivity index (χ1n) is 6.54. The van der Waals surface area contributed by atoms with E-state index in [1.807, 2.05) is 36.7 Å². The summed E-state index contributed by atoms with van der Waals surface area (Å²) in [4.78, 5) is 3.15. The first-order chi connectivity index (χ1) is 9.79. The van der Waals surface area contributed by atoms with Crippen molar-refractivity contribution < 1.29 is 4.74 Å². The fourth-order valence-corrected chi connectivity index (χ4v) is 2.09. The second-order valence-corrected chi connectivity index (χ2v) is 4.89. The van der Waals surface area contributed by atoms with Crippen molar-refractivity contribution in [3.05, 3.63) is 71.5 Å². The van der Waals surface area contributed by atoms with E-state index < -0.39 is 0 Å². The topological polar surface area (TPSA) is 25.0 Å². The zero-order valence-corrected chi connectivity index (χ0v) is 12.2. The van der Waals surface area contributed by atoms with Crippen molar-refractivity contribution in [2.45, 2.75) is 6.42 Å². The minimum absolute atomic E-state index is 0.706. The van der Waals surface area contributed by atoms with Crippen LogP contribution < -0.4 is 0 Å². The molecule has 0 bridgehead atoms. The molecule has 0 saturated heterocycles. The minimum Gasteiger partial charge on any atom is -0.384 e. The lowest BCUT2D eigenvalue weighted by Gasteiger charge is -2.00. The van der Waals surface area contributed by atoms with Gasteiger partial charge in [0.15, 0.2) is 0 Å². The van der Waals surface area contributed by atoms with Gasteiger partial charge in [0.2, 0.25) is 0 Å². The van der Waals surface area contributed by atoms with Crippen LogP contribution in [-0.4, -0.2) is 18.7 Å².